The maximum absolute atomic E-state index is 11.9. The summed E-state index contributed by atoms with van der Waals surface area (Å²) in [7, 11) is 1.59. The lowest BCUT2D eigenvalue weighted by molar-refractivity contribution is -0.135. The van der Waals surface area contributed by atoms with Gasteiger partial charge in [0.15, 0.2) is 11.4 Å². The number of hydrogen-bond acceptors (Lipinski definition) is 6. The molecule has 8 nitrogen and oxygen atoms in total. The Labute approximate surface area is 148 Å². The Morgan fingerprint density at radius 3 is 2.54 bits per heavy atom. The summed E-state index contributed by atoms with van der Waals surface area (Å²) < 4.78 is 5.12. The van der Waals surface area contributed by atoms with Crippen molar-refractivity contribution in [1.82, 2.24) is 15.3 Å². The molecule has 0 aliphatic rings. The van der Waals surface area contributed by atoms with Crippen molar-refractivity contribution in [3.63, 3.8) is 0 Å². The van der Waals surface area contributed by atoms with Gasteiger partial charge < -0.3 is 20.3 Å². The van der Waals surface area contributed by atoms with Crippen molar-refractivity contribution >= 4 is 22.8 Å². The minimum absolute atomic E-state index is 0.252. The molecule has 0 saturated carbocycles. The minimum Gasteiger partial charge on any atom is -0.505 e. The molecule has 0 saturated heterocycles. The summed E-state index contributed by atoms with van der Waals surface area (Å²) >= 11 is 0. The smallest absolute Gasteiger partial charge is 0.322 e. The van der Waals surface area contributed by atoms with Gasteiger partial charge in [0.05, 0.1) is 24.5 Å². The molecule has 1 aromatic carbocycles. The number of fused-ring (bicyclic) bond motifs is 1. The molecule has 2 aromatic heterocycles. The molecule has 8 heteroatoms. The summed E-state index contributed by atoms with van der Waals surface area (Å²) in [4.78, 5) is 30.8. The third-order valence-electron chi connectivity index (χ3n) is 3.72. The molecular formula is C18H15N3O5. The van der Waals surface area contributed by atoms with Crippen LogP contribution in [0.4, 0.5) is 0 Å². The van der Waals surface area contributed by atoms with E-state index in [0.29, 0.717) is 16.6 Å². The maximum atomic E-state index is 11.9. The second-order valence-electron chi connectivity index (χ2n) is 5.39. The van der Waals surface area contributed by atoms with Gasteiger partial charge in [-0.1, -0.05) is 0 Å². The highest BCUT2D eigenvalue weighted by molar-refractivity contribution is 6.01. The largest absolute Gasteiger partial charge is 0.505 e. The molecule has 132 valence electrons. The SMILES string of the molecule is COc1ccc(-c2ccc3c(O)c(C(=O)NCC(=O)O)ncc3n2)cc1. The molecule has 1 amide bonds. The number of carboxylic acid groups (broad SMARTS) is 1. The van der Waals surface area contributed by atoms with E-state index in [4.69, 9.17) is 9.84 Å². The van der Waals surface area contributed by atoms with E-state index in [1.165, 1.54) is 6.20 Å². The Kier molecular flexibility index (Phi) is 4.66. The van der Waals surface area contributed by atoms with Crippen LogP contribution in [0.3, 0.4) is 0 Å². The molecule has 0 aliphatic heterocycles. The lowest BCUT2D eigenvalue weighted by Gasteiger charge is -2.08. The van der Waals surface area contributed by atoms with E-state index in [0.717, 1.165) is 11.3 Å². The third kappa shape index (κ3) is 3.39. The van der Waals surface area contributed by atoms with Gasteiger partial charge in [0, 0.05) is 10.9 Å². The van der Waals surface area contributed by atoms with E-state index in [2.05, 4.69) is 15.3 Å². The first kappa shape index (κ1) is 17.2. The number of carbonyl (C=O) groups excluding carboxylic acids is 1. The van der Waals surface area contributed by atoms with Crippen LogP contribution in [0.5, 0.6) is 11.5 Å². The predicted molar refractivity (Wildman–Crippen MR) is 93.2 cm³/mol. The number of hydrogen-bond donors (Lipinski definition) is 3. The van der Waals surface area contributed by atoms with Gasteiger partial charge in [-0.2, -0.15) is 0 Å². The topological polar surface area (TPSA) is 122 Å². The number of carboxylic acids is 1. The number of aromatic hydroxyl groups is 1. The van der Waals surface area contributed by atoms with E-state index >= 15 is 0 Å². The third-order valence-corrected chi connectivity index (χ3v) is 3.72. The molecule has 0 atom stereocenters. The fourth-order valence-corrected chi connectivity index (χ4v) is 2.42. The van der Waals surface area contributed by atoms with Crippen LogP contribution in [0.1, 0.15) is 10.5 Å². The first-order valence-electron chi connectivity index (χ1n) is 7.62. The van der Waals surface area contributed by atoms with Gasteiger partial charge in [-0.15, -0.1) is 0 Å². The number of pyridine rings is 2. The molecule has 0 spiro atoms. The Bertz CT molecular complexity index is 986. The van der Waals surface area contributed by atoms with Crippen LogP contribution < -0.4 is 10.1 Å². The van der Waals surface area contributed by atoms with Crippen molar-refractivity contribution in [1.29, 1.82) is 0 Å². The van der Waals surface area contributed by atoms with E-state index < -0.39 is 18.4 Å². The Morgan fingerprint density at radius 2 is 1.88 bits per heavy atom. The predicted octanol–water partition coefficient (Wildman–Crippen LogP) is 1.83. The number of ether oxygens (including phenoxy) is 1. The van der Waals surface area contributed by atoms with Gasteiger partial charge in [0.1, 0.15) is 12.3 Å². The average Bonchev–Trinajstić information content (AvgIpc) is 2.66. The van der Waals surface area contributed by atoms with Crippen LogP contribution in [-0.2, 0) is 4.79 Å². The zero-order valence-electron chi connectivity index (χ0n) is 13.8. The number of benzene rings is 1. The molecular weight excluding hydrogens is 338 g/mol. The summed E-state index contributed by atoms with van der Waals surface area (Å²) in [6.45, 7) is -0.563. The first-order valence-corrected chi connectivity index (χ1v) is 7.62. The minimum atomic E-state index is -1.19. The zero-order valence-corrected chi connectivity index (χ0v) is 13.8. The summed E-state index contributed by atoms with van der Waals surface area (Å²) in [6.07, 6.45) is 1.36. The average molecular weight is 353 g/mol. The van der Waals surface area contributed by atoms with E-state index in [-0.39, 0.29) is 11.4 Å². The normalized spacial score (nSPS) is 10.5. The quantitative estimate of drug-likeness (QED) is 0.639. The van der Waals surface area contributed by atoms with Gasteiger partial charge in [-0.05, 0) is 36.4 Å². The molecule has 26 heavy (non-hydrogen) atoms. The molecule has 0 unspecified atom stereocenters. The second kappa shape index (κ2) is 7.06. The number of methoxy groups -OCH3 is 1. The molecule has 0 radical (unpaired) electrons. The lowest BCUT2D eigenvalue weighted by atomic mass is 10.1. The maximum Gasteiger partial charge on any atom is 0.322 e. The summed E-state index contributed by atoms with van der Waals surface area (Å²) in [5.41, 5.74) is 1.68. The monoisotopic (exact) mass is 353 g/mol. The number of aliphatic carboxylic acids is 1. The Balaban J connectivity index is 1.95. The van der Waals surface area contributed by atoms with Crippen molar-refractivity contribution in [2.75, 3.05) is 13.7 Å². The lowest BCUT2D eigenvalue weighted by Crippen LogP contribution is -2.29. The second-order valence-corrected chi connectivity index (χ2v) is 5.39. The van der Waals surface area contributed by atoms with Crippen molar-refractivity contribution in [3.05, 3.63) is 48.3 Å². The number of carbonyl (C=O) groups is 2. The summed E-state index contributed by atoms with van der Waals surface area (Å²) in [5.74, 6) is -1.58. The highest BCUT2D eigenvalue weighted by Gasteiger charge is 2.17. The van der Waals surface area contributed by atoms with Gasteiger partial charge >= 0.3 is 5.97 Å². The fraction of sp³-hybridized carbons (Fsp3) is 0.111. The van der Waals surface area contributed by atoms with E-state index in [1.807, 2.05) is 24.3 Å². The first-order chi connectivity index (χ1) is 12.5. The van der Waals surface area contributed by atoms with Gasteiger partial charge in [0.25, 0.3) is 5.91 Å². The number of nitrogens with one attached hydrogen (secondary N) is 1. The van der Waals surface area contributed by atoms with Crippen LogP contribution >= 0.6 is 0 Å². The fourth-order valence-electron chi connectivity index (χ4n) is 2.42. The van der Waals surface area contributed by atoms with Crippen LogP contribution in [-0.4, -0.2) is 45.7 Å². The van der Waals surface area contributed by atoms with Crippen molar-refractivity contribution in [3.8, 4) is 22.8 Å². The highest BCUT2D eigenvalue weighted by Crippen LogP contribution is 2.29. The standard InChI is InChI=1S/C18H15N3O5/c1-26-11-4-2-10(3-5-11)13-7-6-12-14(21-13)8-19-16(17(12)24)18(25)20-9-15(22)23/h2-8,24H,9H2,1H3,(H,20,25)(H,22,23). The Hall–Kier alpha value is -3.68. The van der Waals surface area contributed by atoms with Gasteiger partial charge in [0.2, 0.25) is 0 Å². The molecule has 3 rings (SSSR count). The molecule has 2 heterocycles. The highest BCUT2D eigenvalue weighted by atomic mass is 16.5. The van der Waals surface area contributed by atoms with Crippen molar-refractivity contribution in [2.45, 2.75) is 0 Å². The van der Waals surface area contributed by atoms with E-state index in [1.54, 1.807) is 19.2 Å². The number of aromatic nitrogens is 2. The molecule has 3 aromatic rings. The summed E-state index contributed by atoms with van der Waals surface area (Å²) in [6, 6.07) is 10.7. The van der Waals surface area contributed by atoms with Gasteiger partial charge in [-0.3, -0.25) is 9.59 Å². The van der Waals surface area contributed by atoms with Crippen molar-refractivity contribution in [2.24, 2.45) is 0 Å². The molecule has 0 aliphatic carbocycles. The zero-order chi connectivity index (χ0) is 18.7. The van der Waals surface area contributed by atoms with Crippen LogP contribution in [0.25, 0.3) is 22.2 Å². The van der Waals surface area contributed by atoms with Crippen LogP contribution in [0.2, 0.25) is 0 Å². The van der Waals surface area contributed by atoms with Gasteiger partial charge in [-0.25, -0.2) is 9.97 Å². The van der Waals surface area contributed by atoms with E-state index in [9.17, 15) is 14.7 Å². The van der Waals surface area contributed by atoms with Crippen LogP contribution in [0.15, 0.2) is 42.6 Å². The summed E-state index contributed by atoms with van der Waals surface area (Å²) in [5, 5.41) is 21.4. The molecule has 0 bridgehead atoms. The number of amides is 1. The number of nitrogens with zero attached hydrogens (tertiary/aromatic N) is 2. The Morgan fingerprint density at radius 1 is 1.15 bits per heavy atom. The molecule has 3 N–H and O–H groups in total. The number of rotatable bonds is 5. The van der Waals surface area contributed by atoms with Crippen LogP contribution in [0, 0.1) is 0 Å². The van der Waals surface area contributed by atoms with Crippen molar-refractivity contribution < 1.29 is 24.5 Å². The molecule has 0 fully saturated rings.